The maximum Gasteiger partial charge on any atom is 0.410 e. The number of rotatable bonds is 5. The second-order valence-corrected chi connectivity index (χ2v) is 9.71. The lowest BCUT2D eigenvalue weighted by Gasteiger charge is -2.33. The molecule has 0 unspecified atom stereocenters. The number of amides is 1. The number of carbonyl (C=O) groups is 1. The van der Waals surface area contributed by atoms with Gasteiger partial charge in [-0.05, 0) is 50.7 Å². The van der Waals surface area contributed by atoms with E-state index in [2.05, 4.69) is 29.2 Å². The van der Waals surface area contributed by atoms with E-state index in [1.807, 2.05) is 20.8 Å². The molecule has 0 aliphatic carbocycles. The van der Waals surface area contributed by atoms with E-state index < -0.39 is 5.60 Å². The number of carbonyl (C=O) groups excluding carboxylic acids is 1. The molecule has 2 aliphatic heterocycles. The maximum atomic E-state index is 12.5. The minimum atomic E-state index is -0.490. The molecule has 0 atom stereocenters. The van der Waals surface area contributed by atoms with Crippen molar-refractivity contribution in [2.24, 2.45) is 5.92 Å². The number of ether oxygens (including phenoxy) is 2. The van der Waals surface area contributed by atoms with Crippen LogP contribution < -0.4 is 10.2 Å². The Hall–Kier alpha value is -2.80. The minimum absolute atomic E-state index is 0.158. The predicted octanol–water partition coefficient (Wildman–Crippen LogP) is 4.18. The van der Waals surface area contributed by atoms with Gasteiger partial charge in [0.1, 0.15) is 17.6 Å². The van der Waals surface area contributed by atoms with Gasteiger partial charge >= 0.3 is 6.09 Å². The van der Waals surface area contributed by atoms with Crippen molar-refractivity contribution in [3.05, 3.63) is 63.7 Å². The first-order valence-corrected chi connectivity index (χ1v) is 11.3. The quantitative estimate of drug-likeness (QED) is 0.695. The highest BCUT2D eigenvalue weighted by Gasteiger charge is 2.27. The summed E-state index contributed by atoms with van der Waals surface area (Å²) in [6, 6.07) is 9.91. The third kappa shape index (κ3) is 5.71. The van der Waals surface area contributed by atoms with Gasteiger partial charge in [0, 0.05) is 32.2 Å². The van der Waals surface area contributed by atoms with Crippen molar-refractivity contribution in [2.45, 2.75) is 58.8 Å². The molecular weight excluding hydrogens is 408 g/mol. The Labute approximate surface area is 188 Å². The Morgan fingerprint density at radius 1 is 1.12 bits per heavy atom. The van der Waals surface area contributed by atoms with Crippen LogP contribution >= 0.6 is 0 Å². The third-order valence-corrected chi connectivity index (χ3v) is 5.88. The van der Waals surface area contributed by atoms with E-state index in [-0.39, 0.29) is 23.2 Å². The second-order valence-electron chi connectivity index (χ2n) is 9.71. The first kappa shape index (κ1) is 22.4. The molecule has 2 aliphatic rings. The molecule has 32 heavy (non-hydrogen) atoms. The van der Waals surface area contributed by atoms with Gasteiger partial charge in [-0.25, -0.2) is 4.79 Å². The fourth-order valence-electron chi connectivity index (χ4n) is 4.18. The largest absolute Gasteiger partial charge is 0.486 e. The maximum absolute atomic E-state index is 12.5. The van der Waals surface area contributed by atoms with E-state index in [1.54, 1.807) is 4.90 Å². The molecule has 1 amide bonds. The van der Waals surface area contributed by atoms with Gasteiger partial charge in [-0.2, -0.15) is 0 Å². The molecule has 1 aromatic carbocycles. The highest BCUT2D eigenvalue weighted by Crippen LogP contribution is 2.24. The van der Waals surface area contributed by atoms with Gasteiger partial charge in [0.15, 0.2) is 0 Å². The molecule has 7 heteroatoms. The zero-order valence-corrected chi connectivity index (χ0v) is 19.1. The first-order chi connectivity index (χ1) is 15.3. The molecule has 0 saturated carbocycles. The number of benzene rings is 1. The van der Waals surface area contributed by atoms with E-state index in [4.69, 9.17) is 13.9 Å². The molecule has 0 N–H and O–H groups in total. The summed E-state index contributed by atoms with van der Waals surface area (Å²) in [5, 5.41) is 0. The van der Waals surface area contributed by atoms with E-state index in [1.165, 1.54) is 23.5 Å². The van der Waals surface area contributed by atoms with Crippen LogP contribution in [0.3, 0.4) is 0 Å². The lowest BCUT2D eigenvalue weighted by atomic mass is 9.98. The first-order valence-electron chi connectivity index (χ1n) is 11.3. The fourth-order valence-corrected chi connectivity index (χ4v) is 4.18. The molecule has 1 aromatic heterocycles. The monoisotopic (exact) mass is 440 g/mol. The van der Waals surface area contributed by atoms with Crippen LogP contribution in [0.15, 0.2) is 45.8 Å². The van der Waals surface area contributed by atoms with Crippen molar-refractivity contribution in [1.82, 2.24) is 9.80 Å². The standard InChI is InChI=1S/C25H32N2O5/c1-25(2,3)32-24(29)27-10-8-18(9-11-27)16-31-23-17-30-21(12-22(23)28)15-26-13-19-6-4-5-7-20(19)14-26/h4-7,12,17-18H,8-11,13-16H2,1-3H3. The molecule has 0 bridgehead atoms. The van der Waals surface area contributed by atoms with E-state index in [9.17, 15) is 9.59 Å². The summed E-state index contributed by atoms with van der Waals surface area (Å²) in [5.74, 6) is 1.17. The zero-order chi connectivity index (χ0) is 22.7. The number of hydrogen-bond acceptors (Lipinski definition) is 6. The van der Waals surface area contributed by atoms with Gasteiger partial charge in [-0.15, -0.1) is 0 Å². The molecule has 1 saturated heterocycles. The number of piperidine rings is 1. The number of nitrogens with zero attached hydrogens (tertiary/aromatic N) is 2. The fraction of sp³-hybridized carbons (Fsp3) is 0.520. The van der Waals surface area contributed by atoms with Gasteiger partial charge < -0.3 is 18.8 Å². The molecule has 2 aromatic rings. The lowest BCUT2D eigenvalue weighted by Crippen LogP contribution is -2.42. The minimum Gasteiger partial charge on any atom is -0.486 e. The van der Waals surface area contributed by atoms with Crippen LogP contribution in [0.2, 0.25) is 0 Å². The van der Waals surface area contributed by atoms with E-state index in [0.717, 1.165) is 25.9 Å². The summed E-state index contributed by atoms with van der Waals surface area (Å²) in [5.41, 5.74) is 2.00. The Bertz CT molecular complexity index is 977. The average Bonchev–Trinajstić information content (AvgIpc) is 3.14. The van der Waals surface area contributed by atoms with Gasteiger partial charge in [0.25, 0.3) is 0 Å². The number of likely N-dealkylation sites (tertiary alicyclic amines) is 1. The summed E-state index contributed by atoms with van der Waals surface area (Å²) < 4.78 is 16.9. The van der Waals surface area contributed by atoms with Crippen molar-refractivity contribution < 1.29 is 18.7 Å². The predicted molar refractivity (Wildman–Crippen MR) is 120 cm³/mol. The molecule has 1 fully saturated rings. The smallest absolute Gasteiger partial charge is 0.410 e. The van der Waals surface area contributed by atoms with Gasteiger partial charge in [-0.3, -0.25) is 9.69 Å². The Balaban J connectivity index is 1.24. The molecule has 0 radical (unpaired) electrons. The normalized spacial score (nSPS) is 17.3. The zero-order valence-electron chi connectivity index (χ0n) is 19.1. The van der Waals surface area contributed by atoms with Gasteiger partial charge in [-0.1, -0.05) is 24.3 Å². The summed E-state index contributed by atoms with van der Waals surface area (Å²) in [6.45, 7) is 9.62. The van der Waals surface area contributed by atoms with Crippen molar-refractivity contribution in [1.29, 1.82) is 0 Å². The summed E-state index contributed by atoms with van der Waals surface area (Å²) in [7, 11) is 0. The third-order valence-electron chi connectivity index (χ3n) is 5.88. The van der Waals surface area contributed by atoms with Crippen LogP contribution in [0.4, 0.5) is 4.79 Å². The van der Waals surface area contributed by atoms with Crippen LogP contribution in [-0.4, -0.2) is 41.2 Å². The van der Waals surface area contributed by atoms with Crippen molar-refractivity contribution in [2.75, 3.05) is 19.7 Å². The molecule has 4 rings (SSSR count). The number of hydrogen-bond donors (Lipinski definition) is 0. The summed E-state index contributed by atoms with van der Waals surface area (Å²) in [6.07, 6.45) is 2.79. The van der Waals surface area contributed by atoms with Crippen LogP contribution in [-0.2, 0) is 24.4 Å². The van der Waals surface area contributed by atoms with Crippen LogP contribution in [0.1, 0.15) is 50.5 Å². The summed E-state index contributed by atoms with van der Waals surface area (Å²) >= 11 is 0. The molecular formula is C25H32N2O5. The Morgan fingerprint density at radius 3 is 2.38 bits per heavy atom. The SMILES string of the molecule is CC(C)(C)OC(=O)N1CCC(COc2coc(CN3Cc4ccccc4C3)cc2=O)CC1. The number of fused-ring (bicyclic) bond motifs is 1. The molecule has 7 nitrogen and oxygen atoms in total. The highest BCUT2D eigenvalue weighted by atomic mass is 16.6. The van der Waals surface area contributed by atoms with E-state index >= 15 is 0 Å². The van der Waals surface area contributed by atoms with Crippen molar-refractivity contribution in [3.8, 4) is 5.75 Å². The van der Waals surface area contributed by atoms with Gasteiger partial charge in [0.2, 0.25) is 11.2 Å². The molecule has 3 heterocycles. The summed E-state index contributed by atoms with van der Waals surface area (Å²) in [4.78, 5) is 28.7. The Kier molecular flexibility index (Phi) is 6.55. The second kappa shape index (κ2) is 9.36. The van der Waals surface area contributed by atoms with Gasteiger partial charge in [0.05, 0.1) is 13.2 Å². The molecule has 172 valence electrons. The van der Waals surface area contributed by atoms with Crippen molar-refractivity contribution >= 4 is 6.09 Å². The van der Waals surface area contributed by atoms with E-state index in [0.29, 0.717) is 32.0 Å². The van der Waals surface area contributed by atoms with Crippen LogP contribution in [0, 0.1) is 5.92 Å². The van der Waals surface area contributed by atoms with Crippen LogP contribution in [0.5, 0.6) is 5.75 Å². The Morgan fingerprint density at radius 2 is 1.78 bits per heavy atom. The average molecular weight is 441 g/mol. The lowest BCUT2D eigenvalue weighted by molar-refractivity contribution is 0.0164. The topological polar surface area (TPSA) is 72.2 Å². The van der Waals surface area contributed by atoms with Crippen LogP contribution in [0.25, 0.3) is 0 Å². The highest BCUT2D eigenvalue weighted by molar-refractivity contribution is 5.68. The molecule has 0 spiro atoms. The van der Waals surface area contributed by atoms with Crippen molar-refractivity contribution in [3.63, 3.8) is 0 Å².